The standard InChI is InChI=1S/C24H23N5O4S/c1-3-33-23(31)17-9-11-19(12-10-17)25-21(30)16-34-24-27-26-22(29(24)28-13-4-5-14-28)18-7-6-8-20(15-18)32-2/h4-15H,3,16H2,1-2H3,(H,25,30). The number of carbonyl (C=O) groups is 2. The van der Waals surface area contributed by atoms with Gasteiger partial charge in [0, 0.05) is 23.6 Å². The normalized spacial score (nSPS) is 10.6. The van der Waals surface area contributed by atoms with Crippen LogP contribution in [0, 0.1) is 0 Å². The Morgan fingerprint density at radius 1 is 1.03 bits per heavy atom. The van der Waals surface area contributed by atoms with Crippen molar-refractivity contribution in [3.8, 4) is 17.1 Å². The predicted molar refractivity (Wildman–Crippen MR) is 129 cm³/mol. The van der Waals surface area contributed by atoms with Crippen molar-refractivity contribution in [3.63, 3.8) is 0 Å². The number of aromatic nitrogens is 4. The molecule has 0 bridgehead atoms. The lowest BCUT2D eigenvalue weighted by Gasteiger charge is -2.12. The van der Waals surface area contributed by atoms with Crippen LogP contribution in [0.3, 0.4) is 0 Å². The Bertz CT molecular complexity index is 1270. The molecule has 4 aromatic rings. The SMILES string of the molecule is CCOC(=O)c1ccc(NC(=O)CSc2nnc(-c3cccc(OC)c3)n2-n2cccc2)cc1. The smallest absolute Gasteiger partial charge is 0.338 e. The van der Waals surface area contributed by atoms with E-state index >= 15 is 0 Å². The summed E-state index contributed by atoms with van der Waals surface area (Å²) in [6, 6.07) is 17.9. The van der Waals surface area contributed by atoms with Gasteiger partial charge in [0.1, 0.15) is 5.75 Å². The second-order valence-electron chi connectivity index (χ2n) is 7.05. The summed E-state index contributed by atoms with van der Waals surface area (Å²) >= 11 is 1.26. The van der Waals surface area contributed by atoms with Gasteiger partial charge in [-0.15, -0.1) is 10.2 Å². The molecule has 0 saturated heterocycles. The number of carbonyl (C=O) groups excluding carboxylic acids is 2. The molecule has 0 radical (unpaired) electrons. The van der Waals surface area contributed by atoms with Crippen molar-refractivity contribution >= 4 is 29.3 Å². The minimum Gasteiger partial charge on any atom is -0.497 e. The third kappa shape index (κ3) is 5.29. The summed E-state index contributed by atoms with van der Waals surface area (Å²) in [7, 11) is 1.61. The molecule has 0 spiro atoms. The number of amides is 1. The molecule has 1 amide bonds. The molecule has 2 aromatic carbocycles. The molecule has 2 aromatic heterocycles. The Hall–Kier alpha value is -4.05. The van der Waals surface area contributed by atoms with Crippen LogP contribution < -0.4 is 10.1 Å². The summed E-state index contributed by atoms with van der Waals surface area (Å²) in [5.41, 5.74) is 1.85. The van der Waals surface area contributed by atoms with E-state index in [4.69, 9.17) is 9.47 Å². The number of anilines is 1. The zero-order chi connectivity index (χ0) is 23.9. The van der Waals surface area contributed by atoms with Crippen LogP contribution in [0.5, 0.6) is 5.75 Å². The molecule has 0 aliphatic carbocycles. The van der Waals surface area contributed by atoms with Gasteiger partial charge in [-0.3, -0.25) is 9.47 Å². The van der Waals surface area contributed by atoms with Crippen LogP contribution in [0.15, 0.2) is 78.2 Å². The maximum Gasteiger partial charge on any atom is 0.338 e. The molecule has 34 heavy (non-hydrogen) atoms. The van der Waals surface area contributed by atoms with Crippen molar-refractivity contribution in [2.24, 2.45) is 0 Å². The van der Waals surface area contributed by atoms with Gasteiger partial charge < -0.3 is 14.8 Å². The number of benzene rings is 2. The molecule has 174 valence electrons. The molecule has 9 nitrogen and oxygen atoms in total. The molecule has 0 unspecified atom stereocenters. The topological polar surface area (TPSA) is 100 Å². The third-order valence-electron chi connectivity index (χ3n) is 4.77. The molecular weight excluding hydrogens is 454 g/mol. The summed E-state index contributed by atoms with van der Waals surface area (Å²) in [5, 5.41) is 12.1. The van der Waals surface area contributed by atoms with E-state index in [1.54, 1.807) is 38.3 Å². The minimum absolute atomic E-state index is 0.122. The number of ether oxygens (including phenoxy) is 2. The number of nitrogens with one attached hydrogen (secondary N) is 1. The van der Waals surface area contributed by atoms with Crippen LogP contribution in [-0.4, -0.2) is 50.9 Å². The molecule has 4 rings (SSSR count). The van der Waals surface area contributed by atoms with Crippen LogP contribution >= 0.6 is 11.8 Å². The molecule has 0 saturated carbocycles. The number of nitrogens with zero attached hydrogens (tertiary/aromatic N) is 4. The van der Waals surface area contributed by atoms with E-state index in [-0.39, 0.29) is 11.7 Å². The molecule has 0 aliphatic heterocycles. The fraction of sp³-hybridized carbons (Fsp3) is 0.167. The highest BCUT2D eigenvalue weighted by Gasteiger charge is 2.17. The second-order valence-corrected chi connectivity index (χ2v) is 7.99. The lowest BCUT2D eigenvalue weighted by atomic mass is 10.2. The first-order chi connectivity index (χ1) is 16.6. The van der Waals surface area contributed by atoms with E-state index in [2.05, 4.69) is 15.5 Å². The minimum atomic E-state index is -0.396. The predicted octanol–water partition coefficient (Wildman–Crippen LogP) is 3.97. The maximum atomic E-state index is 12.6. The second kappa shape index (κ2) is 10.7. The van der Waals surface area contributed by atoms with Gasteiger partial charge in [0.15, 0.2) is 5.82 Å². The van der Waals surface area contributed by atoms with Crippen molar-refractivity contribution in [3.05, 3.63) is 78.6 Å². The fourth-order valence-electron chi connectivity index (χ4n) is 3.20. The quantitative estimate of drug-likeness (QED) is 0.288. The Balaban J connectivity index is 1.48. The van der Waals surface area contributed by atoms with E-state index in [1.165, 1.54) is 11.8 Å². The third-order valence-corrected chi connectivity index (χ3v) is 5.69. The summed E-state index contributed by atoms with van der Waals surface area (Å²) in [5.74, 6) is 0.845. The zero-order valence-electron chi connectivity index (χ0n) is 18.7. The van der Waals surface area contributed by atoms with Crippen molar-refractivity contribution in [1.29, 1.82) is 0 Å². The summed E-state index contributed by atoms with van der Waals surface area (Å²) in [6.07, 6.45) is 3.75. The molecule has 1 N–H and O–H groups in total. The number of rotatable bonds is 9. The fourth-order valence-corrected chi connectivity index (χ4v) is 3.93. The van der Waals surface area contributed by atoms with Gasteiger partial charge >= 0.3 is 5.97 Å². The highest BCUT2D eigenvalue weighted by atomic mass is 32.2. The highest BCUT2D eigenvalue weighted by Crippen LogP contribution is 2.27. The molecule has 2 heterocycles. The lowest BCUT2D eigenvalue weighted by molar-refractivity contribution is -0.113. The van der Waals surface area contributed by atoms with Crippen LogP contribution in [0.1, 0.15) is 17.3 Å². The van der Waals surface area contributed by atoms with Crippen molar-refractivity contribution < 1.29 is 19.1 Å². The van der Waals surface area contributed by atoms with Crippen LogP contribution in [-0.2, 0) is 9.53 Å². The maximum absolute atomic E-state index is 12.6. The molecule has 0 atom stereocenters. The van der Waals surface area contributed by atoms with Crippen molar-refractivity contribution in [2.75, 3.05) is 24.8 Å². The van der Waals surface area contributed by atoms with Gasteiger partial charge in [-0.2, -0.15) is 0 Å². The Labute approximate surface area is 200 Å². The highest BCUT2D eigenvalue weighted by molar-refractivity contribution is 7.99. The van der Waals surface area contributed by atoms with Gasteiger partial charge in [-0.05, 0) is 55.5 Å². The van der Waals surface area contributed by atoms with E-state index in [0.29, 0.717) is 34.6 Å². The van der Waals surface area contributed by atoms with Gasteiger partial charge in [-0.1, -0.05) is 23.9 Å². The Kier molecular flexibility index (Phi) is 7.28. The summed E-state index contributed by atoms with van der Waals surface area (Å²) < 4.78 is 14.0. The Morgan fingerprint density at radius 3 is 2.50 bits per heavy atom. The largest absolute Gasteiger partial charge is 0.497 e. The van der Waals surface area contributed by atoms with E-state index in [0.717, 1.165) is 5.56 Å². The van der Waals surface area contributed by atoms with Crippen LogP contribution in [0.25, 0.3) is 11.4 Å². The van der Waals surface area contributed by atoms with Crippen molar-refractivity contribution in [1.82, 2.24) is 19.5 Å². The monoisotopic (exact) mass is 477 g/mol. The molecule has 0 fully saturated rings. The average molecular weight is 478 g/mol. The zero-order valence-corrected chi connectivity index (χ0v) is 19.5. The summed E-state index contributed by atoms with van der Waals surface area (Å²) in [4.78, 5) is 24.3. The first kappa shape index (κ1) is 23.1. The average Bonchev–Trinajstić information content (AvgIpc) is 3.53. The van der Waals surface area contributed by atoms with Gasteiger partial charge in [0.05, 0.1) is 25.0 Å². The van der Waals surface area contributed by atoms with E-state index in [1.807, 2.05) is 58.1 Å². The van der Waals surface area contributed by atoms with E-state index < -0.39 is 5.97 Å². The number of hydrogen-bond donors (Lipinski definition) is 1. The first-order valence-corrected chi connectivity index (χ1v) is 11.5. The Morgan fingerprint density at radius 2 is 1.79 bits per heavy atom. The van der Waals surface area contributed by atoms with Crippen LogP contribution in [0.2, 0.25) is 0 Å². The lowest BCUT2D eigenvalue weighted by Crippen LogP contribution is -2.16. The van der Waals surface area contributed by atoms with E-state index in [9.17, 15) is 9.59 Å². The number of hydrogen-bond acceptors (Lipinski definition) is 7. The van der Waals surface area contributed by atoms with Crippen molar-refractivity contribution in [2.45, 2.75) is 12.1 Å². The number of methoxy groups -OCH3 is 1. The van der Waals surface area contributed by atoms with Crippen LogP contribution in [0.4, 0.5) is 5.69 Å². The molecule has 0 aliphatic rings. The number of esters is 1. The van der Waals surface area contributed by atoms with Gasteiger partial charge in [-0.25, -0.2) is 9.47 Å². The molecule has 10 heteroatoms. The number of thioether (sulfide) groups is 1. The summed E-state index contributed by atoms with van der Waals surface area (Å²) in [6.45, 7) is 2.06. The van der Waals surface area contributed by atoms with Gasteiger partial charge in [0.25, 0.3) is 0 Å². The first-order valence-electron chi connectivity index (χ1n) is 10.5. The molecular formula is C24H23N5O4S. The van der Waals surface area contributed by atoms with Gasteiger partial charge in [0.2, 0.25) is 11.1 Å².